The topological polar surface area (TPSA) is 30.0 Å². The average Bonchev–Trinajstić information content (AvgIpc) is 2.36. The Morgan fingerprint density at radius 1 is 1.00 bits per heavy atom. The summed E-state index contributed by atoms with van der Waals surface area (Å²) in [6.45, 7) is 0. The minimum absolute atomic E-state index is 0.167. The highest BCUT2D eigenvalue weighted by Crippen LogP contribution is 2.14. The lowest BCUT2D eigenvalue weighted by Gasteiger charge is -2.03. The van der Waals surface area contributed by atoms with Crippen molar-refractivity contribution in [3.8, 4) is 0 Å². The number of carbonyl (C=O) groups excluding carboxylic acids is 1. The van der Waals surface area contributed by atoms with Crippen LogP contribution in [0.3, 0.4) is 0 Å². The molecule has 0 saturated carbocycles. The molecule has 0 fully saturated rings. The number of halogens is 4. The number of Topliss-reactive ketones (excluding diaryl/α,β-unsaturated/α-hetero) is 1. The smallest absolute Gasteiger partial charge is 0.213 e. The number of rotatable bonds is 3. The van der Waals surface area contributed by atoms with Crippen LogP contribution >= 0.6 is 0 Å². The fraction of sp³-hybridized carbons (Fsp3) is 0.0769. The number of pyridine rings is 1. The summed E-state index contributed by atoms with van der Waals surface area (Å²) in [4.78, 5) is 14.8. The van der Waals surface area contributed by atoms with Crippen molar-refractivity contribution in [2.24, 2.45) is 0 Å². The highest BCUT2D eigenvalue weighted by Gasteiger charge is 2.15. The summed E-state index contributed by atoms with van der Waals surface area (Å²) in [5.41, 5.74) is -0.308. The quantitative estimate of drug-likeness (QED) is 0.487. The van der Waals surface area contributed by atoms with Gasteiger partial charge in [-0.2, -0.15) is 4.39 Å². The zero-order valence-corrected chi connectivity index (χ0v) is 9.46. The lowest BCUT2D eigenvalue weighted by molar-refractivity contribution is 0.0988. The summed E-state index contributed by atoms with van der Waals surface area (Å²) < 4.78 is 51.7. The third-order valence-electron chi connectivity index (χ3n) is 2.47. The minimum Gasteiger partial charge on any atom is -0.294 e. The number of carbonyl (C=O) groups is 1. The molecule has 0 amide bonds. The number of benzene rings is 1. The monoisotopic (exact) mass is 269 g/mol. The predicted octanol–water partition coefficient (Wildman–Crippen LogP) is 3.06. The van der Waals surface area contributed by atoms with Crippen LogP contribution in [-0.4, -0.2) is 10.8 Å². The Hall–Kier alpha value is -2.24. The first-order chi connectivity index (χ1) is 8.97. The van der Waals surface area contributed by atoms with Gasteiger partial charge in [-0.1, -0.05) is 6.07 Å². The summed E-state index contributed by atoms with van der Waals surface area (Å²) in [6.07, 6.45) is 0.228. The molecule has 0 bridgehead atoms. The third kappa shape index (κ3) is 2.96. The average molecular weight is 269 g/mol. The van der Waals surface area contributed by atoms with Gasteiger partial charge < -0.3 is 0 Å². The van der Waals surface area contributed by atoms with E-state index in [1.165, 1.54) is 6.07 Å². The molecular weight excluding hydrogens is 262 g/mol. The maximum absolute atomic E-state index is 13.3. The van der Waals surface area contributed by atoms with E-state index in [1.54, 1.807) is 0 Å². The van der Waals surface area contributed by atoms with Crippen LogP contribution in [0.2, 0.25) is 0 Å². The molecule has 19 heavy (non-hydrogen) atoms. The maximum Gasteiger partial charge on any atom is 0.213 e. The Bertz CT molecular complexity index is 643. The molecule has 0 atom stereocenters. The van der Waals surface area contributed by atoms with Crippen LogP contribution in [0, 0.1) is 23.4 Å². The van der Waals surface area contributed by atoms with E-state index in [1.807, 2.05) is 0 Å². The fourth-order valence-corrected chi connectivity index (χ4v) is 1.56. The van der Waals surface area contributed by atoms with Crippen LogP contribution in [0.1, 0.15) is 15.9 Å². The van der Waals surface area contributed by atoms with Crippen molar-refractivity contribution >= 4 is 5.78 Å². The van der Waals surface area contributed by atoms with Crippen molar-refractivity contribution in [2.75, 3.05) is 0 Å². The highest BCUT2D eigenvalue weighted by atomic mass is 19.2. The number of nitrogens with zero attached hydrogens (tertiary/aromatic N) is 1. The van der Waals surface area contributed by atoms with Gasteiger partial charge in [0, 0.05) is 12.5 Å². The van der Waals surface area contributed by atoms with E-state index in [0.29, 0.717) is 12.3 Å². The van der Waals surface area contributed by atoms with Crippen molar-refractivity contribution in [3.05, 3.63) is 65.0 Å². The molecule has 0 spiro atoms. The Kier molecular flexibility index (Phi) is 3.59. The first-order valence-corrected chi connectivity index (χ1v) is 5.25. The Morgan fingerprint density at radius 2 is 1.74 bits per heavy atom. The highest BCUT2D eigenvalue weighted by molar-refractivity contribution is 5.97. The molecule has 1 heterocycles. The van der Waals surface area contributed by atoms with Gasteiger partial charge in [0.15, 0.2) is 23.2 Å². The van der Waals surface area contributed by atoms with Gasteiger partial charge in [-0.3, -0.25) is 4.79 Å². The van der Waals surface area contributed by atoms with E-state index in [2.05, 4.69) is 4.98 Å². The van der Waals surface area contributed by atoms with Crippen molar-refractivity contribution in [3.63, 3.8) is 0 Å². The lowest BCUT2D eigenvalue weighted by Crippen LogP contribution is -2.08. The van der Waals surface area contributed by atoms with Crippen molar-refractivity contribution < 1.29 is 22.4 Å². The third-order valence-corrected chi connectivity index (χ3v) is 2.47. The maximum atomic E-state index is 13.3. The van der Waals surface area contributed by atoms with Gasteiger partial charge in [-0.05, 0) is 17.7 Å². The van der Waals surface area contributed by atoms with Crippen LogP contribution in [0.4, 0.5) is 17.6 Å². The van der Waals surface area contributed by atoms with Gasteiger partial charge in [0.05, 0.1) is 11.8 Å². The molecule has 1 aromatic carbocycles. The van der Waals surface area contributed by atoms with E-state index in [0.717, 1.165) is 12.1 Å². The second-order valence-corrected chi connectivity index (χ2v) is 3.84. The molecule has 2 nitrogen and oxygen atoms in total. The summed E-state index contributed by atoms with van der Waals surface area (Å²) in [5, 5.41) is 0. The molecular formula is C13H7F4NO. The summed E-state index contributed by atoms with van der Waals surface area (Å²) >= 11 is 0. The van der Waals surface area contributed by atoms with E-state index in [9.17, 15) is 22.4 Å². The van der Waals surface area contributed by atoms with Crippen LogP contribution in [0.5, 0.6) is 0 Å². The van der Waals surface area contributed by atoms with Crippen LogP contribution in [-0.2, 0) is 6.42 Å². The minimum atomic E-state index is -1.10. The van der Waals surface area contributed by atoms with Gasteiger partial charge in [-0.15, -0.1) is 0 Å². The fourth-order valence-electron chi connectivity index (χ4n) is 1.56. The molecule has 98 valence electrons. The number of hydrogen-bond donors (Lipinski definition) is 0. The first-order valence-electron chi connectivity index (χ1n) is 5.25. The summed E-state index contributed by atoms with van der Waals surface area (Å²) in [5.74, 6) is -4.85. The molecule has 2 rings (SSSR count). The van der Waals surface area contributed by atoms with E-state index >= 15 is 0 Å². The van der Waals surface area contributed by atoms with Crippen molar-refractivity contribution in [2.45, 2.75) is 6.42 Å². The lowest BCUT2D eigenvalue weighted by atomic mass is 10.0. The Labute approximate surface area is 105 Å². The molecule has 0 aliphatic carbocycles. The van der Waals surface area contributed by atoms with Crippen molar-refractivity contribution in [1.29, 1.82) is 0 Å². The van der Waals surface area contributed by atoms with E-state index < -0.39 is 34.7 Å². The molecule has 0 aliphatic heterocycles. The zero-order chi connectivity index (χ0) is 14.0. The molecule has 1 aromatic heterocycles. The Morgan fingerprint density at radius 3 is 2.42 bits per heavy atom. The first kappa shape index (κ1) is 13.2. The van der Waals surface area contributed by atoms with Crippen LogP contribution in [0.15, 0.2) is 30.5 Å². The molecule has 0 radical (unpaired) electrons. The molecule has 0 N–H and O–H groups in total. The zero-order valence-electron chi connectivity index (χ0n) is 9.46. The van der Waals surface area contributed by atoms with E-state index in [4.69, 9.17) is 0 Å². The predicted molar refractivity (Wildman–Crippen MR) is 58.5 cm³/mol. The molecule has 2 aromatic rings. The number of aromatic nitrogens is 1. The van der Waals surface area contributed by atoms with Gasteiger partial charge in [0.1, 0.15) is 0 Å². The number of ketones is 1. The summed E-state index contributed by atoms with van der Waals surface area (Å²) in [6, 6.07) is 3.56. The molecule has 0 unspecified atom stereocenters. The molecule has 6 heteroatoms. The summed E-state index contributed by atoms with van der Waals surface area (Å²) in [7, 11) is 0. The van der Waals surface area contributed by atoms with Gasteiger partial charge in [0.25, 0.3) is 0 Å². The standard InChI is InChI=1S/C13H7F4NO/c14-9-2-1-7(3-10(9)15)4-12(19)8-5-13(17)18-6-11(8)16/h1-3,5-6H,4H2. The normalized spacial score (nSPS) is 10.5. The Balaban J connectivity index is 2.25. The second kappa shape index (κ2) is 5.17. The molecule has 0 saturated heterocycles. The largest absolute Gasteiger partial charge is 0.294 e. The number of hydrogen-bond acceptors (Lipinski definition) is 2. The van der Waals surface area contributed by atoms with Crippen LogP contribution < -0.4 is 0 Å². The molecule has 0 aliphatic rings. The SMILES string of the molecule is O=C(Cc1ccc(F)c(F)c1)c1cc(F)ncc1F. The van der Waals surface area contributed by atoms with Crippen molar-refractivity contribution in [1.82, 2.24) is 4.98 Å². The second-order valence-electron chi connectivity index (χ2n) is 3.84. The van der Waals surface area contributed by atoms with Gasteiger partial charge in [-0.25, -0.2) is 18.2 Å². The van der Waals surface area contributed by atoms with Gasteiger partial charge in [0.2, 0.25) is 5.95 Å². The van der Waals surface area contributed by atoms with Crippen LogP contribution in [0.25, 0.3) is 0 Å². The van der Waals surface area contributed by atoms with E-state index in [-0.39, 0.29) is 12.0 Å². The van der Waals surface area contributed by atoms with Gasteiger partial charge >= 0.3 is 0 Å².